The molecule has 2 aliphatic rings. The Hall–Kier alpha value is -0.120. The zero-order chi connectivity index (χ0) is 10.0. The van der Waals surface area contributed by atoms with Crippen LogP contribution in [-0.2, 0) is 4.74 Å². The van der Waals surface area contributed by atoms with Crippen LogP contribution in [0.3, 0.4) is 0 Å². The topological polar surface area (TPSA) is 24.5 Å². The molecule has 1 spiro atoms. The van der Waals surface area contributed by atoms with Crippen LogP contribution in [0.4, 0.5) is 0 Å². The van der Waals surface area contributed by atoms with Gasteiger partial charge in [-0.15, -0.1) is 0 Å². The van der Waals surface area contributed by atoms with Gasteiger partial charge in [0.1, 0.15) is 0 Å². The minimum atomic E-state index is 0.244. The van der Waals surface area contributed by atoms with Crippen molar-refractivity contribution in [2.45, 2.75) is 24.9 Å². The first-order valence-corrected chi connectivity index (χ1v) is 5.71. The third kappa shape index (κ3) is 2.10. The molecule has 0 amide bonds. The second kappa shape index (κ2) is 4.17. The second-order valence-electron chi connectivity index (χ2n) is 4.93. The molecule has 0 bridgehead atoms. The normalized spacial score (nSPS) is 32.6. The van der Waals surface area contributed by atoms with E-state index in [-0.39, 0.29) is 5.60 Å². The average molecular weight is 198 g/mol. The van der Waals surface area contributed by atoms with Crippen LogP contribution < -0.4 is 5.32 Å². The fourth-order valence-corrected chi connectivity index (χ4v) is 2.73. The van der Waals surface area contributed by atoms with Crippen molar-refractivity contribution in [3.05, 3.63) is 0 Å². The smallest absolute Gasteiger partial charge is 0.0711 e. The van der Waals surface area contributed by atoms with E-state index in [1.807, 2.05) is 7.05 Å². The van der Waals surface area contributed by atoms with E-state index >= 15 is 0 Å². The Morgan fingerprint density at radius 2 is 2.14 bits per heavy atom. The molecule has 82 valence electrons. The van der Waals surface area contributed by atoms with Crippen LogP contribution in [0.2, 0.25) is 0 Å². The van der Waals surface area contributed by atoms with Gasteiger partial charge in [0.2, 0.25) is 0 Å². The van der Waals surface area contributed by atoms with E-state index in [0.29, 0.717) is 0 Å². The van der Waals surface area contributed by atoms with Crippen LogP contribution in [0.25, 0.3) is 0 Å². The van der Waals surface area contributed by atoms with Crippen molar-refractivity contribution in [3.8, 4) is 0 Å². The number of hydrogen-bond donors (Lipinski definition) is 1. The Kier molecular flexibility index (Phi) is 3.10. The molecular weight excluding hydrogens is 176 g/mol. The Morgan fingerprint density at radius 3 is 2.79 bits per heavy atom. The van der Waals surface area contributed by atoms with Crippen molar-refractivity contribution in [3.63, 3.8) is 0 Å². The summed E-state index contributed by atoms with van der Waals surface area (Å²) in [6, 6.07) is 0. The van der Waals surface area contributed by atoms with Crippen LogP contribution in [-0.4, -0.2) is 50.8 Å². The Bertz CT molecular complexity index is 188. The van der Waals surface area contributed by atoms with Crippen molar-refractivity contribution in [1.29, 1.82) is 0 Å². The van der Waals surface area contributed by atoms with Gasteiger partial charge >= 0.3 is 0 Å². The maximum absolute atomic E-state index is 6.03. The molecule has 2 heterocycles. The number of piperidine rings is 1. The SMILES string of the molecule is CNCC1COC2(CCN(C)CC2)C1. The Balaban J connectivity index is 1.86. The maximum atomic E-state index is 6.03. The highest BCUT2D eigenvalue weighted by atomic mass is 16.5. The molecule has 3 heteroatoms. The molecule has 0 radical (unpaired) electrons. The average Bonchev–Trinajstić information content (AvgIpc) is 2.56. The summed E-state index contributed by atoms with van der Waals surface area (Å²) in [4.78, 5) is 2.40. The lowest BCUT2D eigenvalue weighted by Gasteiger charge is -2.37. The first-order valence-electron chi connectivity index (χ1n) is 5.71. The van der Waals surface area contributed by atoms with Gasteiger partial charge in [-0.3, -0.25) is 0 Å². The first kappa shape index (κ1) is 10.4. The molecule has 2 aliphatic heterocycles. The van der Waals surface area contributed by atoms with E-state index in [4.69, 9.17) is 4.74 Å². The highest BCUT2D eigenvalue weighted by Crippen LogP contribution is 2.37. The molecule has 0 aliphatic carbocycles. The van der Waals surface area contributed by atoms with Crippen LogP contribution in [0.5, 0.6) is 0 Å². The van der Waals surface area contributed by atoms with Gasteiger partial charge in [0.15, 0.2) is 0 Å². The van der Waals surface area contributed by atoms with Gasteiger partial charge in [0.05, 0.1) is 12.2 Å². The molecule has 3 nitrogen and oxygen atoms in total. The van der Waals surface area contributed by atoms with Crippen LogP contribution in [0.1, 0.15) is 19.3 Å². The third-order valence-corrected chi connectivity index (χ3v) is 3.68. The number of nitrogens with one attached hydrogen (secondary N) is 1. The largest absolute Gasteiger partial charge is 0.375 e. The van der Waals surface area contributed by atoms with Gasteiger partial charge < -0.3 is 15.0 Å². The summed E-state index contributed by atoms with van der Waals surface area (Å²) >= 11 is 0. The standard InChI is InChI=1S/C11H22N2O/c1-12-8-10-7-11(14-9-10)3-5-13(2)6-4-11/h10,12H,3-9H2,1-2H3. The molecule has 0 aromatic heterocycles. The predicted octanol–water partition coefficient (Wildman–Crippen LogP) is 0.707. The fourth-order valence-electron chi connectivity index (χ4n) is 2.73. The second-order valence-corrected chi connectivity index (χ2v) is 4.93. The van der Waals surface area contributed by atoms with Crippen LogP contribution >= 0.6 is 0 Å². The van der Waals surface area contributed by atoms with Gasteiger partial charge in [-0.05, 0) is 45.8 Å². The predicted molar refractivity (Wildman–Crippen MR) is 57.4 cm³/mol. The minimum Gasteiger partial charge on any atom is -0.375 e. The summed E-state index contributed by atoms with van der Waals surface area (Å²) in [5.74, 6) is 0.739. The molecule has 1 unspecified atom stereocenters. The molecular formula is C11H22N2O. The molecule has 1 atom stereocenters. The van der Waals surface area contributed by atoms with Gasteiger partial charge in [-0.1, -0.05) is 0 Å². The Labute approximate surface area is 86.8 Å². The molecule has 0 saturated carbocycles. The highest BCUT2D eigenvalue weighted by molar-refractivity contribution is 4.93. The van der Waals surface area contributed by atoms with Gasteiger partial charge in [-0.25, -0.2) is 0 Å². The van der Waals surface area contributed by atoms with E-state index in [9.17, 15) is 0 Å². The number of ether oxygens (including phenoxy) is 1. The number of hydrogen-bond acceptors (Lipinski definition) is 3. The van der Waals surface area contributed by atoms with Crippen molar-refractivity contribution >= 4 is 0 Å². The minimum absolute atomic E-state index is 0.244. The van der Waals surface area contributed by atoms with Gasteiger partial charge in [0.25, 0.3) is 0 Å². The van der Waals surface area contributed by atoms with E-state index in [1.165, 1.54) is 32.4 Å². The van der Waals surface area contributed by atoms with E-state index < -0.39 is 0 Å². The zero-order valence-electron chi connectivity index (χ0n) is 9.38. The van der Waals surface area contributed by atoms with Gasteiger partial charge in [-0.2, -0.15) is 0 Å². The maximum Gasteiger partial charge on any atom is 0.0711 e. The monoisotopic (exact) mass is 198 g/mol. The summed E-state index contributed by atoms with van der Waals surface area (Å²) in [6.07, 6.45) is 3.72. The number of nitrogens with zero attached hydrogens (tertiary/aromatic N) is 1. The van der Waals surface area contributed by atoms with E-state index in [1.54, 1.807) is 0 Å². The Morgan fingerprint density at radius 1 is 1.43 bits per heavy atom. The molecule has 2 saturated heterocycles. The lowest BCUT2D eigenvalue weighted by atomic mass is 9.85. The summed E-state index contributed by atoms with van der Waals surface area (Å²) in [5, 5.41) is 3.25. The van der Waals surface area contributed by atoms with Crippen molar-refractivity contribution in [2.75, 3.05) is 40.3 Å². The van der Waals surface area contributed by atoms with Crippen LogP contribution in [0, 0.1) is 5.92 Å². The van der Waals surface area contributed by atoms with E-state index in [0.717, 1.165) is 19.1 Å². The molecule has 0 aromatic carbocycles. The van der Waals surface area contributed by atoms with E-state index in [2.05, 4.69) is 17.3 Å². The molecule has 2 fully saturated rings. The van der Waals surface area contributed by atoms with Crippen molar-refractivity contribution < 1.29 is 4.74 Å². The highest BCUT2D eigenvalue weighted by Gasteiger charge is 2.41. The molecule has 2 rings (SSSR count). The summed E-state index contributed by atoms with van der Waals surface area (Å²) in [6.45, 7) is 4.47. The number of rotatable bonds is 2. The third-order valence-electron chi connectivity index (χ3n) is 3.68. The van der Waals surface area contributed by atoms with Crippen molar-refractivity contribution in [2.24, 2.45) is 5.92 Å². The molecule has 0 aromatic rings. The summed E-state index contributed by atoms with van der Waals surface area (Å²) in [7, 11) is 4.23. The summed E-state index contributed by atoms with van der Waals surface area (Å²) < 4.78 is 6.03. The number of likely N-dealkylation sites (tertiary alicyclic amines) is 1. The molecule has 14 heavy (non-hydrogen) atoms. The molecule has 1 N–H and O–H groups in total. The zero-order valence-corrected chi connectivity index (χ0v) is 9.38. The fraction of sp³-hybridized carbons (Fsp3) is 1.00. The quantitative estimate of drug-likeness (QED) is 0.707. The van der Waals surface area contributed by atoms with Crippen molar-refractivity contribution in [1.82, 2.24) is 10.2 Å². The lowest BCUT2D eigenvalue weighted by molar-refractivity contribution is -0.0394. The summed E-state index contributed by atoms with van der Waals surface area (Å²) in [5.41, 5.74) is 0.244. The van der Waals surface area contributed by atoms with Gasteiger partial charge in [0, 0.05) is 13.1 Å². The lowest BCUT2D eigenvalue weighted by Crippen LogP contribution is -2.42. The first-order chi connectivity index (χ1) is 6.74. The van der Waals surface area contributed by atoms with Crippen LogP contribution in [0.15, 0.2) is 0 Å².